The van der Waals surface area contributed by atoms with Gasteiger partial charge in [0.15, 0.2) is 6.61 Å². The molecular formula is C23H29ClN2O4. The summed E-state index contributed by atoms with van der Waals surface area (Å²) >= 11 is 6.10. The Labute approximate surface area is 183 Å². The summed E-state index contributed by atoms with van der Waals surface area (Å²) < 4.78 is 10.8. The van der Waals surface area contributed by atoms with E-state index in [1.165, 1.54) is 4.90 Å². The van der Waals surface area contributed by atoms with Crippen LogP contribution in [0.25, 0.3) is 0 Å². The van der Waals surface area contributed by atoms with Crippen molar-refractivity contribution < 1.29 is 19.1 Å². The van der Waals surface area contributed by atoms with Crippen molar-refractivity contribution in [2.45, 2.75) is 33.4 Å². The molecule has 2 aromatic carbocycles. The fraction of sp³-hybridized carbons (Fsp3) is 0.391. The van der Waals surface area contributed by atoms with Gasteiger partial charge < -0.3 is 19.7 Å². The summed E-state index contributed by atoms with van der Waals surface area (Å²) in [6, 6.07) is 13.7. The van der Waals surface area contributed by atoms with Gasteiger partial charge in [0.05, 0.1) is 12.1 Å². The van der Waals surface area contributed by atoms with Gasteiger partial charge in [0.1, 0.15) is 17.5 Å². The average Bonchev–Trinajstić information content (AvgIpc) is 2.74. The predicted octanol–water partition coefficient (Wildman–Crippen LogP) is 3.92. The molecule has 7 heteroatoms. The summed E-state index contributed by atoms with van der Waals surface area (Å²) in [5.41, 5.74) is 0.880. The maximum absolute atomic E-state index is 13.0. The number of amides is 2. The highest BCUT2D eigenvalue weighted by molar-refractivity contribution is 6.32. The van der Waals surface area contributed by atoms with Crippen LogP contribution in [0.2, 0.25) is 5.02 Å². The molecule has 0 saturated carbocycles. The molecule has 0 aliphatic carbocycles. The van der Waals surface area contributed by atoms with Gasteiger partial charge in [-0.2, -0.15) is 0 Å². The van der Waals surface area contributed by atoms with Crippen LogP contribution in [0.3, 0.4) is 0 Å². The van der Waals surface area contributed by atoms with Crippen LogP contribution in [0.15, 0.2) is 48.5 Å². The van der Waals surface area contributed by atoms with Crippen molar-refractivity contribution in [1.82, 2.24) is 10.2 Å². The summed E-state index contributed by atoms with van der Waals surface area (Å²) in [6.07, 6.45) is 0. The number of carbonyl (C=O) groups is 2. The third-order valence-corrected chi connectivity index (χ3v) is 4.86. The maximum Gasteiger partial charge on any atom is 0.261 e. The first-order valence-electron chi connectivity index (χ1n) is 9.89. The monoisotopic (exact) mass is 432 g/mol. The van der Waals surface area contributed by atoms with Gasteiger partial charge in [0.25, 0.3) is 5.91 Å². The SMILES string of the molecule is COc1ccc(CN(C(=O)COc2ccccc2Cl)[C@H](C)C(=O)NCC(C)C)cc1. The zero-order chi connectivity index (χ0) is 22.1. The molecule has 1 N–H and O–H groups in total. The third kappa shape index (κ3) is 6.95. The minimum Gasteiger partial charge on any atom is -0.497 e. The summed E-state index contributed by atoms with van der Waals surface area (Å²) in [5.74, 6) is 0.951. The predicted molar refractivity (Wildman–Crippen MR) is 118 cm³/mol. The van der Waals surface area contributed by atoms with Gasteiger partial charge in [-0.1, -0.05) is 49.7 Å². The number of ether oxygens (including phenoxy) is 2. The van der Waals surface area contributed by atoms with E-state index < -0.39 is 6.04 Å². The first kappa shape index (κ1) is 23.5. The molecule has 2 amide bonds. The van der Waals surface area contributed by atoms with Crippen LogP contribution in [0.5, 0.6) is 11.5 Å². The number of nitrogens with zero attached hydrogens (tertiary/aromatic N) is 1. The van der Waals surface area contributed by atoms with Gasteiger partial charge in [-0.15, -0.1) is 0 Å². The molecule has 0 saturated heterocycles. The molecular weight excluding hydrogens is 404 g/mol. The minimum atomic E-state index is -0.659. The van der Waals surface area contributed by atoms with E-state index in [1.807, 2.05) is 38.1 Å². The third-order valence-electron chi connectivity index (χ3n) is 4.55. The normalized spacial score (nSPS) is 11.7. The number of hydrogen-bond donors (Lipinski definition) is 1. The Hall–Kier alpha value is -2.73. The standard InChI is InChI=1S/C23H29ClN2O4/c1-16(2)13-25-23(28)17(3)26(14-18-9-11-19(29-4)12-10-18)22(27)15-30-21-8-6-5-7-20(21)24/h5-12,16-17H,13-15H2,1-4H3,(H,25,28)/t17-/m1/s1. The van der Waals surface area contributed by atoms with Crippen molar-refractivity contribution in [3.63, 3.8) is 0 Å². The Balaban J connectivity index is 2.14. The van der Waals surface area contributed by atoms with Crippen LogP contribution in [0.4, 0.5) is 0 Å². The highest BCUT2D eigenvalue weighted by Gasteiger charge is 2.26. The number of halogens is 1. The van der Waals surface area contributed by atoms with Crippen LogP contribution >= 0.6 is 11.6 Å². The lowest BCUT2D eigenvalue weighted by atomic mass is 10.1. The Morgan fingerprint density at radius 1 is 1.07 bits per heavy atom. The van der Waals surface area contributed by atoms with Crippen molar-refractivity contribution in [2.24, 2.45) is 5.92 Å². The lowest BCUT2D eigenvalue weighted by Crippen LogP contribution is -2.49. The van der Waals surface area contributed by atoms with Gasteiger partial charge in [0.2, 0.25) is 5.91 Å². The van der Waals surface area contributed by atoms with E-state index in [-0.39, 0.29) is 25.0 Å². The Bertz CT molecular complexity index is 839. The number of carbonyl (C=O) groups excluding carboxylic acids is 2. The quantitative estimate of drug-likeness (QED) is 0.618. The molecule has 0 spiro atoms. The number of benzene rings is 2. The fourth-order valence-electron chi connectivity index (χ4n) is 2.75. The van der Waals surface area contributed by atoms with Crippen molar-refractivity contribution >= 4 is 23.4 Å². The average molecular weight is 433 g/mol. The maximum atomic E-state index is 13.0. The summed E-state index contributed by atoms with van der Waals surface area (Å²) in [5, 5.41) is 3.32. The van der Waals surface area contributed by atoms with E-state index in [1.54, 1.807) is 38.3 Å². The molecule has 1 atom stereocenters. The molecule has 2 aromatic rings. The van der Waals surface area contributed by atoms with Crippen molar-refractivity contribution in [3.05, 3.63) is 59.1 Å². The Morgan fingerprint density at radius 2 is 1.73 bits per heavy atom. The van der Waals surface area contributed by atoms with E-state index >= 15 is 0 Å². The number of para-hydroxylation sites is 1. The second kappa shape index (κ2) is 11.5. The van der Waals surface area contributed by atoms with E-state index in [9.17, 15) is 9.59 Å². The molecule has 0 heterocycles. The van der Waals surface area contributed by atoms with Crippen LogP contribution < -0.4 is 14.8 Å². The zero-order valence-corrected chi connectivity index (χ0v) is 18.6. The highest BCUT2D eigenvalue weighted by Crippen LogP contribution is 2.23. The number of nitrogens with one attached hydrogen (secondary N) is 1. The van der Waals surface area contributed by atoms with Crippen LogP contribution in [-0.4, -0.2) is 43.0 Å². The Kier molecular flexibility index (Phi) is 8.99. The molecule has 162 valence electrons. The molecule has 0 fully saturated rings. The molecule has 0 bridgehead atoms. The highest BCUT2D eigenvalue weighted by atomic mass is 35.5. The number of rotatable bonds is 10. The second-order valence-corrected chi connectivity index (χ2v) is 7.81. The van der Waals surface area contributed by atoms with E-state index in [0.717, 1.165) is 11.3 Å². The molecule has 30 heavy (non-hydrogen) atoms. The van der Waals surface area contributed by atoms with E-state index in [2.05, 4.69) is 5.32 Å². The van der Waals surface area contributed by atoms with E-state index in [0.29, 0.717) is 23.2 Å². The second-order valence-electron chi connectivity index (χ2n) is 7.40. The lowest BCUT2D eigenvalue weighted by Gasteiger charge is -2.29. The zero-order valence-electron chi connectivity index (χ0n) is 17.9. The van der Waals surface area contributed by atoms with E-state index in [4.69, 9.17) is 21.1 Å². The van der Waals surface area contributed by atoms with Crippen LogP contribution in [0.1, 0.15) is 26.3 Å². The van der Waals surface area contributed by atoms with Gasteiger partial charge in [0, 0.05) is 13.1 Å². The molecule has 0 aliphatic rings. The fourth-order valence-corrected chi connectivity index (χ4v) is 2.94. The molecule has 0 radical (unpaired) electrons. The smallest absolute Gasteiger partial charge is 0.261 e. The number of methoxy groups -OCH3 is 1. The summed E-state index contributed by atoms with van der Waals surface area (Å²) in [7, 11) is 1.60. The Morgan fingerprint density at radius 3 is 2.33 bits per heavy atom. The van der Waals surface area contributed by atoms with Gasteiger partial charge in [-0.3, -0.25) is 9.59 Å². The summed E-state index contributed by atoms with van der Waals surface area (Å²) in [4.78, 5) is 27.1. The molecule has 6 nitrogen and oxygen atoms in total. The number of hydrogen-bond acceptors (Lipinski definition) is 4. The van der Waals surface area contributed by atoms with Gasteiger partial charge in [-0.05, 0) is 42.7 Å². The first-order valence-corrected chi connectivity index (χ1v) is 10.3. The minimum absolute atomic E-state index is 0.205. The van der Waals surface area contributed by atoms with Crippen molar-refractivity contribution in [3.8, 4) is 11.5 Å². The van der Waals surface area contributed by atoms with Crippen LogP contribution in [-0.2, 0) is 16.1 Å². The van der Waals surface area contributed by atoms with Crippen LogP contribution in [0, 0.1) is 5.92 Å². The molecule has 0 aliphatic heterocycles. The van der Waals surface area contributed by atoms with Crippen molar-refractivity contribution in [2.75, 3.05) is 20.3 Å². The first-order chi connectivity index (χ1) is 14.3. The largest absolute Gasteiger partial charge is 0.497 e. The lowest BCUT2D eigenvalue weighted by molar-refractivity contribution is -0.142. The molecule has 0 aromatic heterocycles. The van der Waals surface area contributed by atoms with Gasteiger partial charge in [-0.25, -0.2) is 0 Å². The van der Waals surface area contributed by atoms with Crippen molar-refractivity contribution in [1.29, 1.82) is 0 Å². The topological polar surface area (TPSA) is 67.9 Å². The van der Waals surface area contributed by atoms with Gasteiger partial charge >= 0.3 is 0 Å². The molecule has 2 rings (SSSR count). The molecule has 0 unspecified atom stereocenters. The summed E-state index contributed by atoms with van der Waals surface area (Å²) in [6.45, 7) is 6.34.